The van der Waals surface area contributed by atoms with Crippen LogP contribution in [0.1, 0.15) is 42.2 Å². The molecule has 1 aliphatic rings. The van der Waals surface area contributed by atoms with Gasteiger partial charge < -0.3 is 5.32 Å². The van der Waals surface area contributed by atoms with Crippen molar-refractivity contribution in [2.45, 2.75) is 49.2 Å². The van der Waals surface area contributed by atoms with Crippen LogP contribution in [0.2, 0.25) is 0 Å². The van der Waals surface area contributed by atoms with Crippen LogP contribution in [0.15, 0.2) is 29.2 Å². The molecule has 25 heavy (non-hydrogen) atoms. The van der Waals surface area contributed by atoms with Gasteiger partial charge in [-0.25, -0.2) is 4.39 Å². The first-order valence-electron chi connectivity index (χ1n) is 8.37. The van der Waals surface area contributed by atoms with Crippen molar-refractivity contribution in [2.75, 3.05) is 5.32 Å². The normalized spacial score (nSPS) is 14.9. The Morgan fingerprint density at radius 1 is 1.32 bits per heavy atom. The summed E-state index contributed by atoms with van der Waals surface area (Å²) in [5.41, 5.74) is 1.72. The first kappa shape index (κ1) is 18.0. The summed E-state index contributed by atoms with van der Waals surface area (Å²) < 4.78 is 13.8. The Morgan fingerprint density at radius 2 is 2.08 bits per heavy atom. The lowest BCUT2D eigenvalue weighted by Gasteiger charge is -2.12. The molecule has 0 saturated heterocycles. The molecule has 130 valence electrons. The van der Waals surface area contributed by atoms with Gasteiger partial charge in [-0.3, -0.25) is 4.79 Å². The number of amides is 1. The molecule has 3 rings (SSSR count). The van der Waals surface area contributed by atoms with Crippen LogP contribution in [0.3, 0.4) is 0 Å². The quantitative estimate of drug-likeness (QED) is 0.595. The van der Waals surface area contributed by atoms with Crippen molar-refractivity contribution in [1.29, 1.82) is 5.26 Å². The fourth-order valence-corrected chi connectivity index (χ4v) is 5.07. The molecule has 1 aliphatic carbocycles. The molecule has 0 spiro atoms. The van der Waals surface area contributed by atoms with Crippen molar-refractivity contribution >= 4 is 34.0 Å². The highest BCUT2D eigenvalue weighted by atomic mass is 32.2. The van der Waals surface area contributed by atoms with Gasteiger partial charge in [0.15, 0.2) is 0 Å². The van der Waals surface area contributed by atoms with Gasteiger partial charge in [-0.15, -0.1) is 23.1 Å². The van der Waals surface area contributed by atoms with E-state index in [-0.39, 0.29) is 11.7 Å². The summed E-state index contributed by atoms with van der Waals surface area (Å²) in [7, 11) is 0. The van der Waals surface area contributed by atoms with Crippen molar-refractivity contribution < 1.29 is 9.18 Å². The highest BCUT2D eigenvalue weighted by Gasteiger charge is 2.23. The first-order chi connectivity index (χ1) is 12.1. The van der Waals surface area contributed by atoms with Crippen LogP contribution in [0.5, 0.6) is 0 Å². The largest absolute Gasteiger partial charge is 0.316 e. The van der Waals surface area contributed by atoms with E-state index in [9.17, 15) is 14.4 Å². The van der Waals surface area contributed by atoms with E-state index in [1.54, 1.807) is 25.1 Å². The molecule has 2 aromatic rings. The molecule has 0 fully saturated rings. The van der Waals surface area contributed by atoms with E-state index in [2.05, 4.69) is 11.4 Å². The molecule has 1 atom stereocenters. The first-order valence-corrected chi connectivity index (χ1v) is 10.1. The summed E-state index contributed by atoms with van der Waals surface area (Å²) in [6.07, 6.45) is 5.29. The van der Waals surface area contributed by atoms with E-state index >= 15 is 0 Å². The van der Waals surface area contributed by atoms with Crippen molar-refractivity contribution in [3.05, 3.63) is 46.1 Å². The molecular formula is C19H19FN2OS2. The average molecular weight is 375 g/mol. The summed E-state index contributed by atoms with van der Waals surface area (Å²) in [6.45, 7) is 1.75. The molecule has 0 saturated carbocycles. The minimum absolute atomic E-state index is 0.207. The Labute approximate surface area is 155 Å². The fraction of sp³-hybridized carbons (Fsp3) is 0.368. The third kappa shape index (κ3) is 4.05. The zero-order valence-electron chi connectivity index (χ0n) is 14.0. The number of thioether (sulfide) groups is 1. The van der Waals surface area contributed by atoms with Crippen molar-refractivity contribution in [2.24, 2.45) is 0 Å². The molecule has 1 heterocycles. The lowest BCUT2D eigenvalue weighted by molar-refractivity contribution is -0.115. The van der Waals surface area contributed by atoms with Gasteiger partial charge in [-0.1, -0.05) is 18.6 Å². The predicted molar refractivity (Wildman–Crippen MR) is 101 cm³/mol. The highest BCUT2D eigenvalue weighted by molar-refractivity contribution is 8.00. The lowest BCUT2D eigenvalue weighted by atomic mass is 10.1. The zero-order valence-corrected chi connectivity index (χ0v) is 15.6. The fourth-order valence-electron chi connectivity index (χ4n) is 2.95. The van der Waals surface area contributed by atoms with Crippen LogP contribution in [0, 0.1) is 17.1 Å². The van der Waals surface area contributed by atoms with E-state index in [4.69, 9.17) is 0 Å². The number of aryl methyl sites for hydroxylation is 1. The summed E-state index contributed by atoms with van der Waals surface area (Å²) >= 11 is 2.70. The second-order valence-electron chi connectivity index (χ2n) is 6.06. The molecule has 1 aromatic heterocycles. The number of fused-ring (bicyclic) bond motifs is 1. The summed E-state index contributed by atoms with van der Waals surface area (Å²) in [4.78, 5) is 14.2. The van der Waals surface area contributed by atoms with Crippen molar-refractivity contribution in [3.63, 3.8) is 0 Å². The number of thiophene rings is 1. The van der Waals surface area contributed by atoms with Crippen molar-refractivity contribution in [3.8, 4) is 6.07 Å². The van der Waals surface area contributed by atoms with Crippen LogP contribution < -0.4 is 5.32 Å². The number of nitrogens with zero attached hydrogens (tertiary/aromatic N) is 1. The number of nitriles is 1. The van der Waals surface area contributed by atoms with Gasteiger partial charge in [0.1, 0.15) is 16.9 Å². The average Bonchev–Trinajstić information content (AvgIpc) is 2.76. The highest BCUT2D eigenvalue weighted by Crippen LogP contribution is 2.37. The molecule has 0 radical (unpaired) electrons. The summed E-state index contributed by atoms with van der Waals surface area (Å²) in [5.74, 6) is -0.533. The summed E-state index contributed by atoms with van der Waals surface area (Å²) in [6, 6.07) is 8.69. The standard InChI is InChI=1S/C19H19FN2OS2/c1-12(24-17-10-6-5-8-15(17)20)18(23)22-19-14(11-21)13-7-3-2-4-9-16(13)25-19/h5-6,8,10,12H,2-4,7,9H2,1H3,(H,22,23)/t12-/m1/s1. The van der Waals surface area contributed by atoms with Crippen LogP contribution in [0.4, 0.5) is 9.39 Å². The van der Waals surface area contributed by atoms with E-state index in [1.807, 2.05) is 0 Å². The Bertz CT molecular complexity index is 825. The van der Waals surface area contributed by atoms with Crippen LogP contribution in [-0.4, -0.2) is 11.2 Å². The van der Waals surface area contributed by atoms with Gasteiger partial charge in [0.25, 0.3) is 0 Å². The second-order valence-corrected chi connectivity index (χ2v) is 8.55. The number of anilines is 1. The predicted octanol–water partition coefficient (Wildman–Crippen LogP) is 5.15. The monoisotopic (exact) mass is 374 g/mol. The maximum atomic E-state index is 13.8. The molecule has 0 aliphatic heterocycles. The van der Waals surface area contributed by atoms with E-state index in [1.165, 1.54) is 40.5 Å². The number of nitrogens with one attached hydrogen (secondary N) is 1. The van der Waals surface area contributed by atoms with Gasteiger partial charge in [-0.05, 0) is 50.3 Å². The topological polar surface area (TPSA) is 52.9 Å². The zero-order chi connectivity index (χ0) is 17.8. The molecular weight excluding hydrogens is 355 g/mol. The number of halogens is 1. The Hall–Kier alpha value is -1.84. The van der Waals surface area contributed by atoms with Crippen LogP contribution in [0.25, 0.3) is 0 Å². The van der Waals surface area contributed by atoms with E-state index in [0.29, 0.717) is 15.5 Å². The minimum Gasteiger partial charge on any atom is -0.316 e. The number of carbonyl (C=O) groups excluding carboxylic acids is 1. The number of carbonyl (C=O) groups is 1. The molecule has 6 heteroatoms. The second kappa shape index (κ2) is 8.03. The lowest BCUT2D eigenvalue weighted by Crippen LogP contribution is -2.22. The van der Waals surface area contributed by atoms with Gasteiger partial charge in [0.2, 0.25) is 5.91 Å². The van der Waals surface area contributed by atoms with Gasteiger partial charge in [0.05, 0.1) is 10.8 Å². The molecule has 1 amide bonds. The number of hydrogen-bond donors (Lipinski definition) is 1. The molecule has 1 N–H and O–H groups in total. The van der Waals surface area contributed by atoms with Crippen LogP contribution in [-0.2, 0) is 17.6 Å². The molecule has 3 nitrogen and oxygen atoms in total. The number of benzene rings is 1. The maximum Gasteiger partial charge on any atom is 0.238 e. The van der Waals surface area contributed by atoms with Gasteiger partial charge in [-0.2, -0.15) is 5.26 Å². The molecule has 1 aromatic carbocycles. The summed E-state index contributed by atoms with van der Waals surface area (Å²) in [5, 5.41) is 12.6. The Kier molecular flexibility index (Phi) is 5.77. The number of hydrogen-bond acceptors (Lipinski definition) is 4. The van der Waals surface area contributed by atoms with E-state index < -0.39 is 5.25 Å². The Balaban J connectivity index is 1.75. The SMILES string of the molecule is C[C@@H](Sc1ccccc1F)C(=O)Nc1sc2c(c1C#N)CCCCC2. The number of rotatable bonds is 4. The third-order valence-electron chi connectivity index (χ3n) is 4.28. The third-order valence-corrected chi connectivity index (χ3v) is 6.64. The minimum atomic E-state index is -0.453. The van der Waals surface area contributed by atoms with Crippen molar-refractivity contribution in [1.82, 2.24) is 0 Å². The van der Waals surface area contributed by atoms with Gasteiger partial charge >= 0.3 is 0 Å². The van der Waals surface area contributed by atoms with E-state index in [0.717, 1.165) is 31.2 Å². The molecule has 0 unspecified atom stereocenters. The smallest absolute Gasteiger partial charge is 0.238 e. The maximum absolute atomic E-state index is 13.8. The van der Waals surface area contributed by atoms with Crippen LogP contribution >= 0.6 is 23.1 Å². The molecule has 0 bridgehead atoms. The van der Waals surface area contributed by atoms with Gasteiger partial charge in [0, 0.05) is 9.77 Å². The Morgan fingerprint density at radius 3 is 2.84 bits per heavy atom.